The molecule has 0 saturated heterocycles. The smallest absolute Gasteiger partial charge is 0.387 e. The molecule has 0 saturated carbocycles. The maximum atomic E-state index is 12.2. The average Bonchev–Trinajstić information content (AvgIpc) is 2.16. The highest BCUT2D eigenvalue weighted by molar-refractivity contribution is 5.35. The Kier molecular flexibility index (Phi) is 4.68. The van der Waals surface area contributed by atoms with Gasteiger partial charge in [0.1, 0.15) is 5.75 Å². The van der Waals surface area contributed by atoms with Crippen molar-refractivity contribution < 1.29 is 13.5 Å². The highest BCUT2D eigenvalue weighted by Crippen LogP contribution is 2.28. The first-order valence-electron chi connectivity index (χ1n) is 5.30. The Morgan fingerprint density at radius 3 is 2.44 bits per heavy atom. The van der Waals surface area contributed by atoms with Crippen molar-refractivity contribution in [1.82, 2.24) is 0 Å². The van der Waals surface area contributed by atoms with Gasteiger partial charge in [0.25, 0.3) is 0 Å². The molecule has 0 bridgehead atoms. The maximum absolute atomic E-state index is 12.2. The van der Waals surface area contributed by atoms with Crippen LogP contribution in [-0.4, -0.2) is 6.61 Å². The molecule has 0 unspecified atom stereocenters. The molecule has 0 heterocycles. The molecule has 2 nitrogen and oxygen atoms in total. The molecule has 0 spiro atoms. The van der Waals surface area contributed by atoms with Gasteiger partial charge in [0.2, 0.25) is 0 Å². The second-order valence-electron chi connectivity index (χ2n) is 4.15. The zero-order chi connectivity index (χ0) is 12.1. The lowest BCUT2D eigenvalue weighted by atomic mass is 9.97. The van der Waals surface area contributed by atoms with E-state index in [0.29, 0.717) is 11.5 Å². The number of para-hydroxylation sites is 1. The van der Waals surface area contributed by atoms with E-state index in [2.05, 4.69) is 4.74 Å². The lowest BCUT2D eigenvalue weighted by molar-refractivity contribution is -0.0506. The molecule has 0 aliphatic carbocycles. The van der Waals surface area contributed by atoms with E-state index in [0.717, 1.165) is 6.42 Å². The third-order valence-electron chi connectivity index (χ3n) is 2.26. The molecule has 4 heteroatoms. The van der Waals surface area contributed by atoms with Crippen LogP contribution in [0.2, 0.25) is 0 Å². The van der Waals surface area contributed by atoms with Gasteiger partial charge in [-0.3, -0.25) is 0 Å². The molecular weight excluding hydrogens is 212 g/mol. The SMILES string of the molecule is CC(C)C[C@H](N)c1ccccc1OC(F)F. The summed E-state index contributed by atoms with van der Waals surface area (Å²) >= 11 is 0. The molecule has 0 amide bonds. The highest BCUT2D eigenvalue weighted by Gasteiger charge is 2.15. The fraction of sp³-hybridized carbons (Fsp3) is 0.500. The summed E-state index contributed by atoms with van der Waals surface area (Å²) in [6, 6.07) is 6.40. The molecule has 1 aromatic carbocycles. The van der Waals surface area contributed by atoms with E-state index < -0.39 is 6.61 Å². The fourth-order valence-corrected chi connectivity index (χ4v) is 1.62. The predicted molar refractivity (Wildman–Crippen MR) is 59.5 cm³/mol. The number of halogens is 2. The molecule has 2 N–H and O–H groups in total. The molecular formula is C12H17F2NO. The normalized spacial score (nSPS) is 13.2. The minimum atomic E-state index is -2.81. The van der Waals surface area contributed by atoms with Gasteiger partial charge in [-0.05, 0) is 18.4 Å². The summed E-state index contributed by atoms with van der Waals surface area (Å²) in [6.45, 7) is 1.26. The van der Waals surface area contributed by atoms with E-state index in [-0.39, 0.29) is 11.8 Å². The van der Waals surface area contributed by atoms with Crippen LogP contribution in [0.15, 0.2) is 24.3 Å². The second-order valence-corrected chi connectivity index (χ2v) is 4.15. The first kappa shape index (κ1) is 12.9. The predicted octanol–water partition coefficient (Wildman–Crippen LogP) is 3.33. The second kappa shape index (κ2) is 5.80. The summed E-state index contributed by atoms with van der Waals surface area (Å²) in [4.78, 5) is 0. The van der Waals surface area contributed by atoms with Crippen LogP contribution in [0.5, 0.6) is 5.75 Å². The zero-order valence-corrected chi connectivity index (χ0v) is 9.49. The largest absolute Gasteiger partial charge is 0.434 e. The summed E-state index contributed by atoms with van der Waals surface area (Å²) in [5.74, 6) is 0.584. The molecule has 0 radical (unpaired) electrons. The Hall–Kier alpha value is -1.16. The third kappa shape index (κ3) is 3.77. The molecule has 0 aromatic heterocycles. The summed E-state index contributed by atoms with van der Waals surface area (Å²) in [5, 5.41) is 0. The lowest BCUT2D eigenvalue weighted by Crippen LogP contribution is -2.15. The first-order valence-corrected chi connectivity index (χ1v) is 5.30. The monoisotopic (exact) mass is 229 g/mol. The van der Waals surface area contributed by atoms with E-state index in [1.807, 2.05) is 13.8 Å². The molecule has 0 aliphatic heterocycles. The minimum absolute atomic E-state index is 0.172. The van der Waals surface area contributed by atoms with Crippen LogP contribution >= 0.6 is 0 Å². The van der Waals surface area contributed by atoms with Gasteiger partial charge < -0.3 is 10.5 Å². The average molecular weight is 229 g/mol. The molecule has 16 heavy (non-hydrogen) atoms. The first-order chi connectivity index (χ1) is 7.50. The van der Waals surface area contributed by atoms with Crippen LogP contribution in [-0.2, 0) is 0 Å². The van der Waals surface area contributed by atoms with Gasteiger partial charge >= 0.3 is 6.61 Å². The van der Waals surface area contributed by atoms with Gasteiger partial charge in [0, 0.05) is 11.6 Å². The van der Waals surface area contributed by atoms with E-state index in [1.165, 1.54) is 6.07 Å². The Morgan fingerprint density at radius 1 is 1.25 bits per heavy atom. The molecule has 1 rings (SSSR count). The third-order valence-corrected chi connectivity index (χ3v) is 2.26. The van der Waals surface area contributed by atoms with Gasteiger partial charge in [-0.1, -0.05) is 32.0 Å². The summed E-state index contributed by atoms with van der Waals surface area (Å²) in [7, 11) is 0. The van der Waals surface area contributed by atoms with Crippen molar-refractivity contribution in [1.29, 1.82) is 0 Å². The number of hydrogen-bond acceptors (Lipinski definition) is 2. The Bertz CT molecular complexity index is 329. The van der Waals surface area contributed by atoms with Crippen LogP contribution in [0.3, 0.4) is 0 Å². The van der Waals surface area contributed by atoms with Crippen molar-refractivity contribution in [2.75, 3.05) is 0 Å². The van der Waals surface area contributed by atoms with Gasteiger partial charge in [-0.15, -0.1) is 0 Å². The van der Waals surface area contributed by atoms with Crippen molar-refractivity contribution in [3.8, 4) is 5.75 Å². The van der Waals surface area contributed by atoms with Crippen LogP contribution in [0, 0.1) is 5.92 Å². The van der Waals surface area contributed by atoms with E-state index in [4.69, 9.17) is 5.73 Å². The van der Waals surface area contributed by atoms with E-state index >= 15 is 0 Å². The van der Waals surface area contributed by atoms with Gasteiger partial charge in [-0.2, -0.15) is 8.78 Å². The molecule has 0 aliphatic rings. The van der Waals surface area contributed by atoms with Crippen molar-refractivity contribution in [2.24, 2.45) is 11.7 Å². The molecule has 1 atom stereocenters. The number of rotatable bonds is 5. The topological polar surface area (TPSA) is 35.2 Å². The zero-order valence-electron chi connectivity index (χ0n) is 9.49. The van der Waals surface area contributed by atoms with Crippen LogP contribution in [0.25, 0.3) is 0 Å². The summed E-state index contributed by atoms with van der Waals surface area (Å²) in [6.07, 6.45) is 0.740. The van der Waals surface area contributed by atoms with Crippen molar-refractivity contribution in [3.05, 3.63) is 29.8 Å². The number of benzene rings is 1. The lowest BCUT2D eigenvalue weighted by Gasteiger charge is -2.18. The van der Waals surface area contributed by atoms with Crippen LogP contribution in [0.1, 0.15) is 31.9 Å². The van der Waals surface area contributed by atoms with Crippen LogP contribution < -0.4 is 10.5 Å². The van der Waals surface area contributed by atoms with E-state index in [9.17, 15) is 8.78 Å². The Labute approximate surface area is 94.4 Å². The fourth-order valence-electron chi connectivity index (χ4n) is 1.62. The molecule has 1 aromatic rings. The number of hydrogen-bond donors (Lipinski definition) is 1. The van der Waals surface area contributed by atoms with Gasteiger partial charge in [-0.25, -0.2) is 0 Å². The van der Waals surface area contributed by atoms with Crippen molar-refractivity contribution >= 4 is 0 Å². The maximum Gasteiger partial charge on any atom is 0.387 e. The summed E-state index contributed by atoms with van der Waals surface area (Å²) in [5.41, 5.74) is 6.58. The number of nitrogens with two attached hydrogens (primary N) is 1. The highest BCUT2D eigenvalue weighted by atomic mass is 19.3. The number of ether oxygens (including phenoxy) is 1. The van der Waals surface area contributed by atoms with Gasteiger partial charge in [0.15, 0.2) is 0 Å². The Balaban J connectivity index is 2.85. The molecule has 90 valence electrons. The van der Waals surface area contributed by atoms with Gasteiger partial charge in [0.05, 0.1) is 0 Å². The van der Waals surface area contributed by atoms with E-state index in [1.54, 1.807) is 18.2 Å². The standard InChI is InChI=1S/C12H17F2NO/c1-8(2)7-10(15)9-5-3-4-6-11(9)16-12(13)14/h3-6,8,10,12H,7,15H2,1-2H3/t10-/m0/s1. The van der Waals surface area contributed by atoms with Crippen molar-refractivity contribution in [2.45, 2.75) is 32.9 Å². The van der Waals surface area contributed by atoms with Crippen LogP contribution in [0.4, 0.5) is 8.78 Å². The Morgan fingerprint density at radius 2 is 1.88 bits per heavy atom. The van der Waals surface area contributed by atoms with Crippen molar-refractivity contribution in [3.63, 3.8) is 0 Å². The number of alkyl halides is 2. The molecule has 0 fully saturated rings. The quantitative estimate of drug-likeness (QED) is 0.840. The minimum Gasteiger partial charge on any atom is -0.434 e. The summed E-state index contributed by atoms with van der Waals surface area (Å²) < 4.78 is 28.8.